The lowest BCUT2D eigenvalue weighted by Gasteiger charge is -2.22. The third kappa shape index (κ3) is 4.75. The number of carboxylic acid groups (broad SMARTS) is 1. The van der Waals surface area contributed by atoms with Crippen LogP contribution in [0.2, 0.25) is 5.02 Å². The summed E-state index contributed by atoms with van der Waals surface area (Å²) >= 11 is 5.70. The lowest BCUT2D eigenvalue weighted by Crippen LogP contribution is -2.44. The predicted molar refractivity (Wildman–Crippen MR) is 74.3 cm³/mol. The molecule has 0 saturated heterocycles. The molecular formula is C12H16ClNO5S. The highest BCUT2D eigenvalue weighted by Gasteiger charge is 2.26. The second-order valence-electron chi connectivity index (χ2n) is 4.22. The highest BCUT2D eigenvalue weighted by molar-refractivity contribution is 7.89. The van der Waals surface area contributed by atoms with Crippen LogP contribution >= 0.6 is 11.6 Å². The zero-order valence-corrected chi connectivity index (χ0v) is 12.6. The van der Waals surface area contributed by atoms with Gasteiger partial charge >= 0.3 is 5.97 Å². The number of benzene rings is 1. The smallest absolute Gasteiger partial charge is 0.305 e. The maximum Gasteiger partial charge on any atom is 0.305 e. The van der Waals surface area contributed by atoms with E-state index in [4.69, 9.17) is 21.4 Å². The monoisotopic (exact) mass is 321 g/mol. The third-order valence-corrected chi connectivity index (χ3v) is 4.52. The largest absolute Gasteiger partial charge is 0.481 e. The van der Waals surface area contributed by atoms with Gasteiger partial charge in [-0.2, -0.15) is 0 Å². The van der Waals surface area contributed by atoms with Gasteiger partial charge < -0.3 is 9.84 Å². The van der Waals surface area contributed by atoms with Crippen molar-refractivity contribution < 1.29 is 23.1 Å². The first kappa shape index (κ1) is 16.9. The van der Waals surface area contributed by atoms with Gasteiger partial charge in [0.2, 0.25) is 10.0 Å². The molecule has 8 heteroatoms. The molecule has 0 radical (unpaired) electrons. The van der Waals surface area contributed by atoms with Crippen molar-refractivity contribution in [2.75, 3.05) is 7.11 Å². The molecule has 0 amide bonds. The molecule has 0 bridgehead atoms. The Morgan fingerprint density at radius 2 is 1.95 bits per heavy atom. The van der Waals surface area contributed by atoms with E-state index in [0.29, 0.717) is 5.02 Å². The fourth-order valence-electron chi connectivity index (χ4n) is 1.54. The Hall–Kier alpha value is -1.15. The second kappa shape index (κ2) is 7.03. The van der Waals surface area contributed by atoms with E-state index < -0.39 is 28.1 Å². The molecule has 0 aliphatic rings. The first-order valence-corrected chi connectivity index (χ1v) is 7.65. The molecule has 2 N–H and O–H groups in total. The highest BCUT2D eigenvalue weighted by atomic mass is 35.5. The molecule has 0 unspecified atom stereocenters. The van der Waals surface area contributed by atoms with Crippen molar-refractivity contribution in [1.82, 2.24) is 4.72 Å². The molecule has 0 spiro atoms. The minimum atomic E-state index is -3.83. The molecule has 6 nitrogen and oxygen atoms in total. The van der Waals surface area contributed by atoms with Crippen molar-refractivity contribution in [2.45, 2.75) is 30.4 Å². The fourth-order valence-corrected chi connectivity index (χ4v) is 2.97. The standard InChI is InChI=1S/C12H16ClNO5S/c1-8(19-2)11(7-12(15)16)14-20(17,18)10-5-3-9(13)4-6-10/h3-6,8,11,14H,7H2,1-2H3,(H,15,16)/t8-,11-/m1/s1. The second-order valence-corrected chi connectivity index (χ2v) is 6.37. The van der Waals surface area contributed by atoms with E-state index >= 15 is 0 Å². The van der Waals surface area contributed by atoms with Gasteiger partial charge in [0.1, 0.15) is 0 Å². The van der Waals surface area contributed by atoms with E-state index in [2.05, 4.69) is 4.72 Å². The van der Waals surface area contributed by atoms with Crippen LogP contribution in [0.15, 0.2) is 29.2 Å². The van der Waals surface area contributed by atoms with E-state index in [-0.39, 0.29) is 11.3 Å². The molecule has 1 rings (SSSR count). The number of rotatable bonds is 7. The van der Waals surface area contributed by atoms with E-state index in [1.165, 1.54) is 31.4 Å². The van der Waals surface area contributed by atoms with Crippen molar-refractivity contribution in [2.24, 2.45) is 0 Å². The Bertz CT molecular complexity index is 558. The molecule has 0 saturated carbocycles. The number of methoxy groups -OCH3 is 1. The van der Waals surface area contributed by atoms with Crippen molar-refractivity contribution in [3.05, 3.63) is 29.3 Å². The van der Waals surface area contributed by atoms with Gasteiger partial charge in [-0.3, -0.25) is 4.79 Å². The maximum absolute atomic E-state index is 12.2. The van der Waals surface area contributed by atoms with Gasteiger partial charge in [-0.05, 0) is 31.2 Å². The van der Waals surface area contributed by atoms with E-state index in [0.717, 1.165) is 0 Å². The summed E-state index contributed by atoms with van der Waals surface area (Å²) in [5.41, 5.74) is 0. The summed E-state index contributed by atoms with van der Waals surface area (Å²) in [5.74, 6) is -1.11. The highest BCUT2D eigenvalue weighted by Crippen LogP contribution is 2.15. The predicted octanol–water partition coefficient (Wildman–Crippen LogP) is 1.50. The van der Waals surface area contributed by atoms with Crippen molar-refractivity contribution in [3.8, 4) is 0 Å². The molecule has 0 aliphatic carbocycles. The third-order valence-electron chi connectivity index (χ3n) is 2.76. The van der Waals surface area contributed by atoms with Crippen molar-refractivity contribution in [1.29, 1.82) is 0 Å². The number of ether oxygens (including phenoxy) is 1. The van der Waals surface area contributed by atoms with Gasteiger partial charge in [-0.1, -0.05) is 11.6 Å². The van der Waals surface area contributed by atoms with Crippen LogP contribution in [0.5, 0.6) is 0 Å². The van der Waals surface area contributed by atoms with Crippen LogP contribution < -0.4 is 4.72 Å². The number of nitrogens with one attached hydrogen (secondary N) is 1. The fraction of sp³-hybridized carbons (Fsp3) is 0.417. The van der Waals surface area contributed by atoms with Crippen LogP contribution in [0.25, 0.3) is 0 Å². The Morgan fingerprint density at radius 1 is 1.40 bits per heavy atom. The molecule has 0 aliphatic heterocycles. The van der Waals surface area contributed by atoms with Crippen LogP contribution in [-0.2, 0) is 19.6 Å². The number of hydrogen-bond donors (Lipinski definition) is 2. The van der Waals surface area contributed by atoms with Gasteiger partial charge in [-0.25, -0.2) is 13.1 Å². The van der Waals surface area contributed by atoms with Crippen LogP contribution in [0.1, 0.15) is 13.3 Å². The summed E-state index contributed by atoms with van der Waals surface area (Å²) in [6.07, 6.45) is -0.949. The van der Waals surface area contributed by atoms with Crippen LogP contribution in [0.4, 0.5) is 0 Å². The molecule has 20 heavy (non-hydrogen) atoms. The van der Waals surface area contributed by atoms with Crippen molar-refractivity contribution in [3.63, 3.8) is 0 Å². The quantitative estimate of drug-likeness (QED) is 0.794. The van der Waals surface area contributed by atoms with E-state index in [1.807, 2.05) is 0 Å². The molecule has 0 fully saturated rings. The number of hydrogen-bond acceptors (Lipinski definition) is 4. The summed E-state index contributed by atoms with van der Waals surface area (Å²) < 4.78 is 31.6. The van der Waals surface area contributed by atoms with Crippen LogP contribution in [0, 0.1) is 0 Å². The summed E-state index contributed by atoms with van der Waals surface area (Å²) in [6.45, 7) is 1.60. The van der Waals surface area contributed by atoms with Gasteiger partial charge in [0.15, 0.2) is 0 Å². The van der Waals surface area contributed by atoms with Crippen molar-refractivity contribution >= 4 is 27.6 Å². The van der Waals surface area contributed by atoms with Crippen LogP contribution in [-0.4, -0.2) is 38.7 Å². The normalized spacial score (nSPS) is 14.8. The SMILES string of the molecule is CO[C@H](C)[C@@H](CC(=O)O)NS(=O)(=O)c1ccc(Cl)cc1. The summed E-state index contributed by atoms with van der Waals surface area (Å²) in [5, 5.41) is 9.24. The lowest BCUT2D eigenvalue weighted by molar-refractivity contribution is -0.138. The number of carboxylic acids is 1. The number of sulfonamides is 1. The zero-order chi connectivity index (χ0) is 15.3. The lowest BCUT2D eigenvalue weighted by atomic mass is 10.1. The summed E-state index contributed by atoms with van der Waals surface area (Å²) in [7, 11) is -2.44. The van der Waals surface area contributed by atoms with Gasteiger partial charge in [0.05, 0.1) is 23.5 Å². The molecule has 1 aromatic carbocycles. The molecule has 2 atom stereocenters. The molecule has 1 aromatic rings. The van der Waals surface area contributed by atoms with Gasteiger partial charge in [-0.15, -0.1) is 0 Å². The molecular weight excluding hydrogens is 306 g/mol. The Kier molecular flexibility index (Phi) is 5.94. The average Bonchev–Trinajstić information content (AvgIpc) is 2.36. The minimum absolute atomic E-state index is 0.0144. The van der Waals surface area contributed by atoms with Gasteiger partial charge in [0, 0.05) is 12.1 Å². The maximum atomic E-state index is 12.2. The van der Waals surface area contributed by atoms with E-state index in [1.54, 1.807) is 6.92 Å². The average molecular weight is 322 g/mol. The number of aliphatic carboxylic acids is 1. The topological polar surface area (TPSA) is 92.7 Å². The minimum Gasteiger partial charge on any atom is -0.481 e. The molecule has 0 aromatic heterocycles. The summed E-state index contributed by atoms with van der Waals surface area (Å²) in [4.78, 5) is 10.8. The number of carbonyl (C=O) groups is 1. The first-order chi connectivity index (χ1) is 9.26. The van der Waals surface area contributed by atoms with Crippen LogP contribution in [0.3, 0.4) is 0 Å². The molecule has 0 heterocycles. The first-order valence-electron chi connectivity index (χ1n) is 5.78. The Balaban J connectivity index is 2.96. The molecule has 112 valence electrons. The van der Waals surface area contributed by atoms with E-state index in [9.17, 15) is 13.2 Å². The zero-order valence-electron chi connectivity index (χ0n) is 11.0. The van der Waals surface area contributed by atoms with Gasteiger partial charge in [0.25, 0.3) is 0 Å². The Morgan fingerprint density at radius 3 is 2.40 bits per heavy atom. The Labute approximate surface area is 122 Å². The number of halogens is 1. The summed E-state index contributed by atoms with van der Waals surface area (Å²) in [6, 6.07) is 4.72.